The number of fused-ring (bicyclic) bond motifs is 1. The van der Waals surface area contributed by atoms with E-state index in [0.717, 1.165) is 32.7 Å². The molecule has 3 rings (SSSR count). The summed E-state index contributed by atoms with van der Waals surface area (Å²) in [6.07, 6.45) is 2.24. The molecule has 1 saturated heterocycles. The summed E-state index contributed by atoms with van der Waals surface area (Å²) in [4.78, 5) is 5.04. The summed E-state index contributed by atoms with van der Waals surface area (Å²) in [5, 5.41) is 2.71. The Kier molecular flexibility index (Phi) is 3.69. The zero-order valence-electron chi connectivity index (χ0n) is 11.5. The molecule has 2 aromatic carbocycles. The minimum atomic E-state index is 1.11. The highest BCUT2D eigenvalue weighted by Gasteiger charge is 2.17. The van der Waals surface area contributed by atoms with Crippen molar-refractivity contribution >= 4 is 16.5 Å². The second-order valence-electron chi connectivity index (χ2n) is 5.19. The zero-order valence-corrected chi connectivity index (χ0v) is 11.5. The summed E-state index contributed by atoms with van der Waals surface area (Å²) >= 11 is 0. The fourth-order valence-electron chi connectivity index (χ4n) is 2.91. The first-order valence-electron chi connectivity index (χ1n) is 7.11. The summed E-state index contributed by atoms with van der Waals surface area (Å²) in [6, 6.07) is 15.3. The predicted octanol–water partition coefficient (Wildman–Crippen LogP) is 3.19. The van der Waals surface area contributed by atoms with Crippen molar-refractivity contribution in [3.8, 4) is 0 Å². The Morgan fingerprint density at radius 1 is 0.947 bits per heavy atom. The second kappa shape index (κ2) is 5.62. The standard InChI is InChI=1S/C17H21N2/c1-2-10-18-11-13-19(14-12-18)17-9-5-7-15-6-3-4-8-16(15)17/h2-9H,10-14H2,1H3. The van der Waals surface area contributed by atoms with Crippen molar-refractivity contribution in [3.05, 3.63) is 48.9 Å². The molecule has 0 saturated carbocycles. The number of hydrogen-bond donors (Lipinski definition) is 0. The molecule has 1 radical (unpaired) electrons. The van der Waals surface area contributed by atoms with E-state index in [0.29, 0.717) is 0 Å². The van der Waals surface area contributed by atoms with Gasteiger partial charge in [0.2, 0.25) is 0 Å². The van der Waals surface area contributed by atoms with Crippen LogP contribution in [0.15, 0.2) is 42.5 Å². The molecular formula is C17H21N2. The quantitative estimate of drug-likeness (QED) is 0.829. The molecule has 0 amide bonds. The van der Waals surface area contributed by atoms with Crippen LogP contribution in [0.1, 0.15) is 6.92 Å². The molecule has 0 atom stereocenters. The van der Waals surface area contributed by atoms with Gasteiger partial charge in [-0.15, -0.1) is 0 Å². The smallest absolute Gasteiger partial charge is 0.0446 e. The Bertz CT molecular complexity index is 536. The summed E-state index contributed by atoms with van der Waals surface area (Å²) in [5.74, 6) is 0. The normalized spacial score (nSPS) is 17.0. The topological polar surface area (TPSA) is 6.48 Å². The van der Waals surface area contributed by atoms with Gasteiger partial charge in [-0.1, -0.05) is 43.3 Å². The average Bonchev–Trinajstić information content (AvgIpc) is 2.48. The first-order chi connectivity index (χ1) is 9.38. The highest BCUT2D eigenvalue weighted by molar-refractivity contribution is 5.94. The van der Waals surface area contributed by atoms with Crippen LogP contribution in [0.2, 0.25) is 0 Å². The average molecular weight is 253 g/mol. The largest absolute Gasteiger partial charge is 0.368 e. The molecule has 0 bridgehead atoms. The second-order valence-corrected chi connectivity index (χ2v) is 5.19. The van der Waals surface area contributed by atoms with Crippen LogP contribution in [0.25, 0.3) is 10.8 Å². The van der Waals surface area contributed by atoms with E-state index in [4.69, 9.17) is 0 Å². The molecule has 2 nitrogen and oxygen atoms in total. The van der Waals surface area contributed by atoms with Gasteiger partial charge in [-0.2, -0.15) is 0 Å². The number of anilines is 1. The maximum Gasteiger partial charge on any atom is 0.0446 e. The van der Waals surface area contributed by atoms with Crippen molar-refractivity contribution in [1.82, 2.24) is 4.90 Å². The third-order valence-electron chi connectivity index (χ3n) is 3.92. The molecule has 1 aliphatic rings. The van der Waals surface area contributed by atoms with E-state index in [9.17, 15) is 0 Å². The van der Waals surface area contributed by atoms with Gasteiger partial charge >= 0.3 is 0 Å². The summed E-state index contributed by atoms with van der Waals surface area (Å²) in [5.41, 5.74) is 1.39. The number of hydrogen-bond acceptors (Lipinski definition) is 2. The number of nitrogens with zero attached hydrogens (tertiary/aromatic N) is 2. The molecule has 19 heavy (non-hydrogen) atoms. The summed E-state index contributed by atoms with van der Waals surface area (Å²) in [7, 11) is 0. The van der Waals surface area contributed by atoms with Crippen molar-refractivity contribution in [2.24, 2.45) is 0 Å². The Balaban J connectivity index is 1.82. The third-order valence-corrected chi connectivity index (χ3v) is 3.92. The van der Waals surface area contributed by atoms with E-state index in [-0.39, 0.29) is 0 Å². The monoisotopic (exact) mass is 253 g/mol. The molecule has 0 aromatic heterocycles. The molecule has 0 spiro atoms. The highest BCUT2D eigenvalue weighted by atomic mass is 15.3. The van der Waals surface area contributed by atoms with E-state index in [1.807, 2.05) is 0 Å². The first kappa shape index (κ1) is 12.5. The third kappa shape index (κ3) is 2.59. The number of piperazine rings is 1. The van der Waals surface area contributed by atoms with Gasteiger partial charge < -0.3 is 4.90 Å². The molecule has 0 N–H and O–H groups in total. The first-order valence-corrected chi connectivity index (χ1v) is 7.11. The fourth-order valence-corrected chi connectivity index (χ4v) is 2.91. The minimum Gasteiger partial charge on any atom is -0.368 e. The van der Waals surface area contributed by atoms with Crippen molar-refractivity contribution in [1.29, 1.82) is 0 Å². The molecule has 1 fully saturated rings. The zero-order chi connectivity index (χ0) is 13.1. The van der Waals surface area contributed by atoms with Crippen molar-refractivity contribution < 1.29 is 0 Å². The lowest BCUT2D eigenvalue weighted by atomic mass is 10.1. The SMILES string of the molecule is C[CH]CN1CCN(c2cccc3ccccc23)CC1. The van der Waals surface area contributed by atoms with Gasteiger partial charge in [0.1, 0.15) is 0 Å². The summed E-state index contributed by atoms with van der Waals surface area (Å²) in [6.45, 7) is 7.82. The van der Waals surface area contributed by atoms with Crippen LogP contribution in [-0.4, -0.2) is 37.6 Å². The van der Waals surface area contributed by atoms with Crippen LogP contribution in [0.3, 0.4) is 0 Å². The van der Waals surface area contributed by atoms with Crippen LogP contribution in [-0.2, 0) is 0 Å². The lowest BCUT2D eigenvalue weighted by molar-refractivity contribution is 0.277. The van der Waals surface area contributed by atoms with Gasteiger partial charge in [-0.05, 0) is 17.9 Å². The predicted molar refractivity (Wildman–Crippen MR) is 82.6 cm³/mol. The van der Waals surface area contributed by atoms with Crippen molar-refractivity contribution in [3.63, 3.8) is 0 Å². The van der Waals surface area contributed by atoms with Crippen LogP contribution in [0, 0.1) is 6.42 Å². The van der Waals surface area contributed by atoms with Crippen LogP contribution >= 0.6 is 0 Å². The molecular weight excluding hydrogens is 232 g/mol. The molecule has 0 unspecified atom stereocenters. The van der Waals surface area contributed by atoms with Crippen molar-refractivity contribution in [2.75, 3.05) is 37.6 Å². The fraction of sp³-hybridized carbons (Fsp3) is 0.353. The maximum atomic E-state index is 2.52. The van der Waals surface area contributed by atoms with E-state index < -0.39 is 0 Å². The van der Waals surface area contributed by atoms with Gasteiger partial charge in [0.05, 0.1) is 0 Å². The Morgan fingerprint density at radius 3 is 2.47 bits per heavy atom. The molecule has 2 aromatic rings. The lowest BCUT2D eigenvalue weighted by Crippen LogP contribution is -2.46. The Labute approximate surface area is 115 Å². The highest BCUT2D eigenvalue weighted by Crippen LogP contribution is 2.27. The lowest BCUT2D eigenvalue weighted by Gasteiger charge is -2.36. The number of benzene rings is 2. The van der Waals surface area contributed by atoms with Crippen LogP contribution < -0.4 is 4.90 Å². The van der Waals surface area contributed by atoms with Gasteiger partial charge in [-0.3, -0.25) is 4.90 Å². The number of rotatable bonds is 3. The molecule has 99 valence electrons. The van der Waals surface area contributed by atoms with Gasteiger partial charge in [0.15, 0.2) is 0 Å². The molecule has 2 heteroatoms. The molecule has 0 aliphatic carbocycles. The Hall–Kier alpha value is -1.54. The summed E-state index contributed by atoms with van der Waals surface area (Å²) < 4.78 is 0. The molecule has 1 aliphatic heterocycles. The van der Waals surface area contributed by atoms with E-state index in [1.54, 1.807) is 0 Å². The van der Waals surface area contributed by atoms with E-state index >= 15 is 0 Å². The van der Waals surface area contributed by atoms with Gasteiger partial charge in [0.25, 0.3) is 0 Å². The maximum absolute atomic E-state index is 2.52. The minimum absolute atomic E-state index is 1.11. The molecule has 1 heterocycles. The van der Waals surface area contributed by atoms with Crippen LogP contribution in [0.5, 0.6) is 0 Å². The van der Waals surface area contributed by atoms with Gasteiger partial charge in [-0.25, -0.2) is 0 Å². The van der Waals surface area contributed by atoms with E-state index in [2.05, 4.69) is 65.6 Å². The van der Waals surface area contributed by atoms with Crippen LogP contribution in [0.4, 0.5) is 5.69 Å². The van der Waals surface area contributed by atoms with Gasteiger partial charge in [0, 0.05) is 43.8 Å². The van der Waals surface area contributed by atoms with Crippen molar-refractivity contribution in [2.45, 2.75) is 6.92 Å². The van der Waals surface area contributed by atoms with E-state index in [1.165, 1.54) is 16.5 Å². The Morgan fingerprint density at radius 2 is 1.68 bits per heavy atom.